The highest BCUT2D eigenvalue weighted by Gasteiger charge is 2.32. The van der Waals surface area contributed by atoms with Gasteiger partial charge < -0.3 is 9.73 Å². The molecule has 7 heteroatoms. The first-order valence-corrected chi connectivity index (χ1v) is 10.6. The van der Waals surface area contributed by atoms with Gasteiger partial charge in [0.2, 0.25) is 5.91 Å². The lowest BCUT2D eigenvalue weighted by Gasteiger charge is -2.14. The minimum absolute atomic E-state index is 0.154. The smallest absolute Gasteiger partial charge is 0.266 e. The molecule has 30 heavy (non-hydrogen) atoms. The summed E-state index contributed by atoms with van der Waals surface area (Å²) in [5.74, 6) is 0.208. The molecule has 1 aromatic heterocycles. The Morgan fingerprint density at radius 3 is 2.47 bits per heavy atom. The van der Waals surface area contributed by atoms with Crippen molar-refractivity contribution in [2.24, 2.45) is 0 Å². The van der Waals surface area contributed by atoms with Gasteiger partial charge in [0.05, 0.1) is 11.2 Å². The fraction of sp³-hybridized carbons (Fsp3) is 0.0870. The molecule has 1 aliphatic heterocycles. The van der Waals surface area contributed by atoms with Crippen molar-refractivity contribution in [1.29, 1.82) is 0 Å². The molecule has 1 saturated heterocycles. The second-order valence-electron chi connectivity index (χ2n) is 6.59. The lowest BCUT2D eigenvalue weighted by atomic mass is 10.1. The van der Waals surface area contributed by atoms with Crippen molar-refractivity contribution < 1.29 is 14.0 Å². The second kappa shape index (κ2) is 9.11. The van der Waals surface area contributed by atoms with E-state index in [1.807, 2.05) is 54.6 Å². The topological polar surface area (TPSA) is 62.6 Å². The number of hydrogen-bond donors (Lipinski definition) is 1. The number of benzene rings is 2. The van der Waals surface area contributed by atoms with Gasteiger partial charge in [-0.2, -0.15) is 0 Å². The maximum absolute atomic E-state index is 12.6. The van der Waals surface area contributed by atoms with Gasteiger partial charge in [0.1, 0.15) is 10.1 Å². The molecule has 4 rings (SSSR count). The van der Waals surface area contributed by atoms with Gasteiger partial charge in [-0.15, -0.1) is 0 Å². The van der Waals surface area contributed by atoms with Crippen molar-refractivity contribution in [2.75, 3.05) is 11.9 Å². The maximum atomic E-state index is 12.6. The molecule has 5 nitrogen and oxygen atoms in total. The number of nitrogens with one attached hydrogen (secondary N) is 1. The Labute approximate surface area is 183 Å². The Morgan fingerprint density at radius 1 is 1.03 bits per heavy atom. The van der Waals surface area contributed by atoms with E-state index in [0.29, 0.717) is 20.7 Å². The van der Waals surface area contributed by atoms with Gasteiger partial charge in [-0.3, -0.25) is 14.5 Å². The maximum Gasteiger partial charge on any atom is 0.266 e. The van der Waals surface area contributed by atoms with Gasteiger partial charge in [0.25, 0.3) is 5.91 Å². The first kappa shape index (κ1) is 20.1. The number of carbonyl (C=O) groups is 2. The van der Waals surface area contributed by atoms with Crippen LogP contribution in [0.3, 0.4) is 0 Å². The monoisotopic (exact) mass is 434 g/mol. The average molecular weight is 435 g/mol. The highest BCUT2D eigenvalue weighted by molar-refractivity contribution is 8.26. The van der Waals surface area contributed by atoms with Crippen molar-refractivity contribution >= 4 is 51.9 Å². The largest absolute Gasteiger partial charge is 0.465 e. The highest BCUT2D eigenvalue weighted by Crippen LogP contribution is 2.32. The molecule has 1 fully saturated rings. The molecular formula is C23H18N2O3S2. The van der Waals surface area contributed by atoms with Crippen molar-refractivity contribution in [1.82, 2.24) is 4.90 Å². The zero-order valence-corrected chi connectivity index (χ0v) is 17.5. The van der Waals surface area contributed by atoms with E-state index in [9.17, 15) is 9.59 Å². The van der Waals surface area contributed by atoms with Gasteiger partial charge >= 0.3 is 0 Å². The lowest BCUT2D eigenvalue weighted by Crippen LogP contribution is -2.31. The van der Waals surface area contributed by atoms with E-state index in [2.05, 4.69) is 5.32 Å². The standard InChI is InChI=1S/C23H18N2O3S2/c26-21(24-18-10-8-17(9-11-18)16-5-2-1-3-6-16)12-13-25-22(27)20(30-23(25)29)15-19-7-4-14-28-19/h1-11,14-15H,12-13H2,(H,24,26)/b20-15+. The van der Waals surface area contributed by atoms with Crippen LogP contribution in [0.15, 0.2) is 82.3 Å². The molecule has 0 bridgehead atoms. The summed E-state index contributed by atoms with van der Waals surface area (Å²) in [6, 6.07) is 21.2. The van der Waals surface area contributed by atoms with Crippen LogP contribution < -0.4 is 5.32 Å². The minimum atomic E-state index is -0.207. The molecule has 1 N–H and O–H groups in total. The highest BCUT2D eigenvalue weighted by atomic mass is 32.2. The quantitative estimate of drug-likeness (QED) is 0.428. The van der Waals surface area contributed by atoms with E-state index < -0.39 is 0 Å². The van der Waals surface area contributed by atoms with Crippen LogP contribution in [0.4, 0.5) is 5.69 Å². The van der Waals surface area contributed by atoms with Gasteiger partial charge in [0.15, 0.2) is 0 Å². The molecule has 0 spiro atoms. The summed E-state index contributed by atoms with van der Waals surface area (Å²) in [5.41, 5.74) is 2.91. The summed E-state index contributed by atoms with van der Waals surface area (Å²) in [5, 5.41) is 2.87. The first-order chi connectivity index (χ1) is 14.6. The van der Waals surface area contributed by atoms with Crippen LogP contribution in [0.2, 0.25) is 0 Å². The number of thiocarbonyl (C=S) groups is 1. The molecule has 0 saturated carbocycles. The van der Waals surface area contributed by atoms with Crippen LogP contribution in [-0.2, 0) is 9.59 Å². The summed E-state index contributed by atoms with van der Waals surface area (Å²) in [4.78, 5) is 26.9. The number of hydrogen-bond acceptors (Lipinski definition) is 5. The predicted molar refractivity (Wildman–Crippen MR) is 124 cm³/mol. The first-order valence-electron chi connectivity index (χ1n) is 9.34. The van der Waals surface area contributed by atoms with Gasteiger partial charge in [-0.05, 0) is 35.4 Å². The van der Waals surface area contributed by atoms with E-state index in [4.69, 9.17) is 16.6 Å². The Morgan fingerprint density at radius 2 is 1.77 bits per heavy atom. The molecule has 2 aromatic carbocycles. The predicted octanol–water partition coefficient (Wildman–Crippen LogP) is 5.18. The van der Waals surface area contributed by atoms with Gasteiger partial charge in [-0.25, -0.2) is 0 Å². The van der Waals surface area contributed by atoms with E-state index in [-0.39, 0.29) is 24.8 Å². The van der Waals surface area contributed by atoms with E-state index in [1.54, 1.807) is 24.5 Å². The molecule has 2 amide bonds. The fourth-order valence-corrected chi connectivity index (χ4v) is 4.30. The molecule has 0 aliphatic carbocycles. The van der Waals surface area contributed by atoms with E-state index in [1.165, 1.54) is 16.7 Å². The van der Waals surface area contributed by atoms with Crippen molar-refractivity contribution in [3.63, 3.8) is 0 Å². The molecule has 3 aromatic rings. The SMILES string of the molecule is O=C(CCN1C(=O)/C(=C\c2ccco2)SC1=S)Nc1ccc(-c2ccccc2)cc1. The summed E-state index contributed by atoms with van der Waals surface area (Å²) >= 11 is 6.51. The van der Waals surface area contributed by atoms with Gasteiger partial charge in [-0.1, -0.05) is 66.4 Å². The summed E-state index contributed by atoms with van der Waals surface area (Å²) in [6.45, 7) is 0.230. The number of rotatable bonds is 6. The third-order valence-electron chi connectivity index (χ3n) is 4.53. The summed E-state index contributed by atoms with van der Waals surface area (Å²) in [6.07, 6.45) is 3.36. The molecule has 150 valence electrons. The lowest BCUT2D eigenvalue weighted by molar-refractivity contribution is -0.122. The summed E-state index contributed by atoms with van der Waals surface area (Å²) < 4.78 is 5.69. The molecule has 1 aliphatic rings. The van der Waals surface area contributed by atoms with Crippen LogP contribution in [0.5, 0.6) is 0 Å². The van der Waals surface area contributed by atoms with Crippen molar-refractivity contribution in [3.8, 4) is 11.1 Å². The molecular weight excluding hydrogens is 416 g/mol. The third kappa shape index (κ3) is 4.69. The molecule has 2 heterocycles. The van der Waals surface area contributed by atoms with Crippen molar-refractivity contribution in [2.45, 2.75) is 6.42 Å². The van der Waals surface area contributed by atoms with Crippen LogP contribution in [0.1, 0.15) is 12.2 Å². The molecule has 0 radical (unpaired) electrons. The fourth-order valence-electron chi connectivity index (χ4n) is 3.01. The zero-order valence-electron chi connectivity index (χ0n) is 15.9. The minimum Gasteiger partial charge on any atom is -0.465 e. The molecule has 0 unspecified atom stereocenters. The van der Waals surface area contributed by atoms with Crippen LogP contribution >= 0.6 is 24.0 Å². The van der Waals surface area contributed by atoms with Crippen molar-refractivity contribution in [3.05, 3.63) is 83.7 Å². The van der Waals surface area contributed by atoms with E-state index >= 15 is 0 Å². The number of carbonyl (C=O) groups excluding carboxylic acids is 2. The average Bonchev–Trinajstić information content (AvgIpc) is 3.36. The molecule has 0 atom stereocenters. The van der Waals surface area contributed by atoms with Crippen LogP contribution in [0, 0.1) is 0 Å². The zero-order chi connectivity index (χ0) is 20.9. The van der Waals surface area contributed by atoms with E-state index in [0.717, 1.165) is 11.1 Å². The number of anilines is 1. The summed E-state index contributed by atoms with van der Waals surface area (Å²) in [7, 11) is 0. The van der Waals surface area contributed by atoms with Crippen LogP contribution in [-0.4, -0.2) is 27.6 Å². The normalized spacial score (nSPS) is 15.1. The number of furan rings is 1. The third-order valence-corrected chi connectivity index (χ3v) is 5.91. The number of amides is 2. The second-order valence-corrected chi connectivity index (χ2v) is 8.27. The Bertz CT molecular complexity index is 1090. The Hall–Kier alpha value is -3.16. The Kier molecular flexibility index (Phi) is 6.11. The van der Waals surface area contributed by atoms with Crippen LogP contribution in [0.25, 0.3) is 17.2 Å². The number of thioether (sulfide) groups is 1. The Balaban J connectivity index is 1.32. The number of nitrogens with zero attached hydrogens (tertiary/aromatic N) is 1. The van der Waals surface area contributed by atoms with Gasteiger partial charge in [0, 0.05) is 24.7 Å².